The Kier molecular flexibility index (Phi) is 5.75. The van der Waals surface area contributed by atoms with Crippen molar-refractivity contribution in [3.05, 3.63) is 32.7 Å². The molecule has 0 saturated carbocycles. The fourth-order valence-corrected chi connectivity index (χ4v) is 1.90. The molecule has 0 spiro atoms. The normalized spacial score (nSPS) is 10.5. The molecule has 0 atom stereocenters. The minimum Gasteiger partial charge on any atom is -0.316 e. The van der Waals surface area contributed by atoms with Crippen LogP contribution in [0.15, 0.2) is 27.1 Å². The molecule has 0 aliphatic heterocycles. The first kappa shape index (κ1) is 12.2. The van der Waals surface area contributed by atoms with Gasteiger partial charge in [-0.05, 0) is 75.5 Å². The summed E-state index contributed by atoms with van der Waals surface area (Å²) in [5, 5.41) is 3.39. The van der Waals surface area contributed by atoms with Crippen LogP contribution in [-0.2, 0) is 6.42 Å². The minimum absolute atomic E-state index is 1.06. The van der Waals surface area contributed by atoms with Crippen molar-refractivity contribution in [1.82, 2.24) is 5.32 Å². The van der Waals surface area contributed by atoms with Gasteiger partial charge in [0, 0.05) is 8.95 Å². The summed E-state index contributed by atoms with van der Waals surface area (Å²) in [4.78, 5) is 0. The number of rotatable bonds is 5. The van der Waals surface area contributed by atoms with Crippen LogP contribution in [0.1, 0.15) is 18.9 Å². The van der Waals surface area contributed by atoms with Gasteiger partial charge < -0.3 is 5.32 Å². The Labute approximate surface area is 103 Å². The van der Waals surface area contributed by atoms with E-state index < -0.39 is 0 Å². The van der Waals surface area contributed by atoms with Crippen molar-refractivity contribution < 1.29 is 0 Å². The second-order valence-corrected chi connectivity index (χ2v) is 4.96. The summed E-state index contributed by atoms with van der Waals surface area (Å²) in [6, 6.07) is 6.40. The van der Waals surface area contributed by atoms with Gasteiger partial charge in [0.05, 0.1) is 0 Å². The zero-order valence-electron chi connectivity index (χ0n) is 8.32. The van der Waals surface area contributed by atoms with E-state index in [0.29, 0.717) is 0 Å². The molecule has 1 nitrogen and oxygen atoms in total. The molecule has 14 heavy (non-hydrogen) atoms. The van der Waals surface area contributed by atoms with E-state index in [0.717, 1.165) is 28.5 Å². The quantitative estimate of drug-likeness (QED) is 0.815. The lowest BCUT2D eigenvalue weighted by atomic mass is 10.1. The molecular formula is C11H15Br2N. The number of hydrogen-bond acceptors (Lipinski definition) is 1. The SMILES string of the molecule is CCCNCCc1ccc(Br)c(Br)c1. The smallest absolute Gasteiger partial charge is 0.0320 e. The predicted octanol–water partition coefficient (Wildman–Crippen LogP) is 3.75. The molecule has 0 saturated heterocycles. The Balaban J connectivity index is 2.39. The topological polar surface area (TPSA) is 12.0 Å². The largest absolute Gasteiger partial charge is 0.316 e. The number of nitrogens with one attached hydrogen (secondary N) is 1. The lowest BCUT2D eigenvalue weighted by Crippen LogP contribution is -2.17. The summed E-state index contributed by atoms with van der Waals surface area (Å²) in [5.74, 6) is 0. The Morgan fingerprint density at radius 3 is 2.57 bits per heavy atom. The predicted molar refractivity (Wildman–Crippen MR) is 68.7 cm³/mol. The van der Waals surface area contributed by atoms with Crippen molar-refractivity contribution in [3.63, 3.8) is 0 Å². The van der Waals surface area contributed by atoms with Gasteiger partial charge in [0.25, 0.3) is 0 Å². The molecule has 78 valence electrons. The lowest BCUT2D eigenvalue weighted by molar-refractivity contribution is 0.671. The van der Waals surface area contributed by atoms with Crippen LogP contribution >= 0.6 is 31.9 Å². The van der Waals surface area contributed by atoms with Gasteiger partial charge in [-0.3, -0.25) is 0 Å². The van der Waals surface area contributed by atoms with E-state index in [-0.39, 0.29) is 0 Å². The Hall–Kier alpha value is 0.140. The van der Waals surface area contributed by atoms with Crippen molar-refractivity contribution in [2.45, 2.75) is 19.8 Å². The van der Waals surface area contributed by atoms with Crippen molar-refractivity contribution in [1.29, 1.82) is 0 Å². The molecule has 1 rings (SSSR count). The molecule has 3 heteroatoms. The van der Waals surface area contributed by atoms with Gasteiger partial charge in [-0.15, -0.1) is 0 Å². The van der Waals surface area contributed by atoms with Gasteiger partial charge in [0.1, 0.15) is 0 Å². The van der Waals surface area contributed by atoms with Crippen LogP contribution in [0.3, 0.4) is 0 Å². The first-order chi connectivity index (χ1) is 6.74. The molecule has 0 aliphatic rings. The highest BCUT2D eigenvalue weighted by Crippen LogP contribution is 2.23. The number of benzene rings is 1. The van der Waals surface area contributed by atoms with E-state index in [4.69, 9.17) is 0 Å². The number of halogens is 2. The summed E-state index contributed by atoms with van der Waals surface area (Å²) in [6.45, 7) is 4.35. The van der Waals surface area contributed by atoms with Gasteiger partial charge in [0.15, 0.2) is 0 Å². The van der Waals surface area contributed by atoms with E-state index in [1.807, 2.05) is 0 Å². The van der Waals surface area contributed by atoms with E-state index in [9.17, 15) is 0 Å². The Morgan fingerprint density at radius 1 is 1.14 bits per heavy atom. The van der Waals surface area contributed by atoms with E-state index >= 15 is 0 Å². The van der Waals surface area contributed by atoms with E-state index in [1.54, 1.807) is 0 Å². The zero-order valence-corrected chi connectivity index (χ0v) is 11.5. The first-order valence-electron chi connectivity index (χ1n) is 4.88. The zero-order chi connectivity index (χ0) is 10.4. The fourth-order valence-electron chi connectivity index (χ4n) is 1.23. The molecule has 0 aliphatic carbocycles. The standard InChI is InChI=1S/C11H15Br2N/c1-2-6-14-7-5-9-3-4-10(12)11(13)8-9/h3-4,8,14H,2,5-7H2,1H3. The van der Waals surface area contributed by atoms with Crippen LogP contribution in [0, 0.1) is 0 Å². The van der Waals surface area contributed by atoms with Gasteiger partial charge in [-0.25, -0.2) is 0 Å². The van der Waals surface area contributed by atoms with E-state index in [1.165, 1.54) is 12.0 Å². The third kappa shape index (κ3) is 4.11. The van der Waals surface area contributed by atoms with Crippen molar-refractivity contribution in [3.8, 4) is 0 Å². The second kappa shape index (κ2) is 6.59. The summed E-state index contributed by atoms with van der Waals surface area (Å²) >= 11 is 6.96. The minimum atomic E-state index is 1.06. The molecule has 0 amide bonds. The molecule has 0 aromatic heterocycles. The second-order valence-electron chi connectivity index (χ2n) is 3.25. The van der Waals surface area contributed by atoms with Crippen molar-refractivity contribution >= 4 is 31.9 Å². The molecule has 0 bridgehead atoms. The van der Waals surface area contributed by atoms with Crippen LogP contribution < -0.4 is 5.32 Å². The molecule has 1 N–H and O–H groups in total. The summed E-state index contributed by atoms with van der Waals surface area (Å²) in [5.41, 5.74) is 1.36. The summed E-state index contributed by atoms with van der Waals surface area (Å²) in [6.07, 6.45) is 2.29. The van der Waals surface area contributed by atoms with Crippen LogP contribution in [0.5, 0.6) is 0 Å². The fraction of sp³-hybridized carbons (Fsp3) is 0.455. The van der Waals surface area contributed by atoms with E-state index in [2.05, 4.69) is 62.3 Å². The Morgan fingerprint density at radius 2 is 1.93 bits per heavy atom. The van der Waals surface area contributed by atoms with Crippen LogP contribution in [0.2, 0.25) is 0 Å². The van der Waals surface area contributed by atoms with Crippen LogP contribution in [0.4, 0.5) is 0 Å². The maximum atomic E-state index is 3.50. The lowest BCUT2D eigenvalue weighted by Gasteiger charge is -2.04. The van der Waals surface area contributed by atoms with Crippen molar-refractivity contribution in [2.75, 3.05) is 13.1 Å². The van der Waals surface area contributed by atoms with Gasteiger partial charge in [-0.1, -0.05) is 13.0 Å². The summed E-state index contributed by atoms with van der Waals surface area (Å²) in [7, 11) is 0. The van der Waals surface area contributed by atoms with Gasteiger partial charge in [-0.2, -0.15) is 0 Å². The summed E-state index contributed by atoms with van der Waals surface area (Å²) < 4.78 is 2.24. The first-order valence-corrected chi connectivity index (χ1v) is 6.47. The molecule has 0 heterocycles. The average molecular weight is 321 g/mol. The van der Waals surface area contributed by atoms with Gasteiger partial charge >= 0.3 is 0 Å². The Bertz CT molecular complexity index is 287. The highest BCUT2D eigenvalue weighted by atomic mass is 79.9. The number of hydrogen-bond donors (Lipinski definition) is 1. The monoisotopic (exact) mass is 319 g/mol. The van der Waals surface area contributed by atoms with Crippen LogP contribution in [-0.4, -0.2) is 13.1 Å². The molecule has 0 unspecified atom stereocenters. The highest BCUT2D eigenvalue weighted by Gasteiger charge is 1.98. The molecule has 0 fully saturated rings. The third-order valence-electron chi connectivity index (χ3n) is 2.00. The molecule has 0 radical (unpaired) electrons. The highest BCUT2D eigenvalue weighted by molar-refractivity contribution is 9.13. The maximum Gasteiger partial charge on any atom is 0.0320 e. The van der Waals surface area contributed by atoms with Crippen LogP contribution in [0.25, 0.3) is 0 Å². The molecule has 1 aromatic rings. The molecular weight excluding hydrogens is 306 g/mol. The van der Waals surface area contributed by atoms with Gasteiger partial charge in [0.2, 0.25) is 0 Å². The molecule has 1 aromatic carbocycles. The van der Waals surface area contributed by atoms with Crippen molar-refractivity contribution in [2.24, 2.45) is 0 Å². The maximum absolute atomic E-state index is 3.50. The third-order valence-corrected chi connectivity index (χ3v) is 3.88. The average Bonchev–Trinajstić information content (AvgIpc) is 2.18.